The number of thiol groups is 1. The van der Waals surface area contributed by atoms with Crippen LogP contribution in [-0.2, 0) is 4.79 Å². The Morgan fingerprint density at radius 2 is 2.00 bits per heavy atom. The second kappa shape index (κ2) is 4.50. The van der Waals surface area contributed by atoms with E-state index >= 15 is 0 Å². The highest BCUT2D eigenvalue weighted by Gasteiger charge is 2.32. The Balaban J connectivity index is 2.45. The fraction of sp³-hybridized carbons (Fsp3) is 0.909. The maximum Gasteiger partial charge on any atom is 0.132 e. The van der Waals surface area contributed by atoms with Gasteiger partial charge in [-0.1, -0.05) is 13.8 Å². The molecule has 4 atom stereocenters. The number of carbonyl (C=O) groups is 1. The van der Waals surface area contributed by atoms with Crippen LogP contribution in [0, 0.1) is 17.8 Å². The standard InChI is InChI=1S/C11H20OS/c1-7(9(3)13)10-4-5-11(6-10)8(2)12/h7,9-11,13H,4-6H2,1-3H3. The van der Waals surface area contributed by atoms with Gasteiger partial charge in [-0.3, -0.25) is 4.79 Å². The summed E-state index contributed by atoms with van der Waals surface area (Å²) >= 11 is 4.46. The van der Waals surface area contributed by atoms with E-state index in [0.717, 1.165) is 18.8 Å². The topological polar surface area (TPSA) is 17.1 Å². The normalized spacial score (nSPS) is 32.9. The Hall–Kier alpha value is 0.0200. The Morgan fingerprint density at radius 1 is 1.38 bits per heavy atom. The van der Waals surface area contributed by atoms with Crippen LogP contribution in [-0.4, -0.2) is 11.0 Å². The van der Waals surface area contributed by atoms with Gasteiger partial charge < -0.3 is 0 Å². The predicted octanol–water partition coefficient (Wildman–Crippen LogP) is 2.95. The lowest BCUT2D eigenvalue weighted by Gasteiger charge is -2.22. The van der Waals surface area contributed by atoms with Crippen molar-refractivity contribution in [3.63, 3.8) is 0 Å². The molecule has 1 rings (SSSR count). The minimum Gasteiger partial charge on any atom is -0.300 e. The van der Waals surface area contributed by atoms with Crippen molar-refractivity contribution in [3.8, 4) is 0 Å². The molecule has 0 aliphatic heterocycles. The zero-order valence-corrected chi connectivity index (χ0v) is 9.68. The molecule has 1 saturated carbocycles. The van der Waals surface area contributed by atoms with Crippen LogP contribution in [0.4, 0.5) is 0 Å². The number of hydrogen-bond acceptors (Lipinski definition) is 2. The van der Waals surface area contributed by atoms with Gasteiger partial charge in [0.15, 0.2) is 0 Å². The molecule has 0 radical (unpaired) electrons. The summed E-state index contributed by atoms with van der Waals surface area (Å²) in [6, 6.07) is 0. The van der Waals surface area contributed by atoms with Crippen LogP contribution in [0.3, 0.4) is 0 Å². The predicted molar refractivity (Wildman–Crippen MR) is 59.1 cm³/mol. The third-order valence-electron chi connectivity index (χ3n) is 3.55. The summed E-state index contributed by atoms with van der Waals surface area (Å²) < 4.78 is 0. The largest absolute Gasteiger partial charge is 0.300 e. The first-order valence-corrected chi connectivity index (χ1v) is 5.72. The van der Waals surface area contributed by atoms with Crippen LogP contribution < -0.4 is 0 Å². The van der Waals surface area contributed by atoms with E-state index in [1.165, 1.54) is 6.42 Å². The van der Waals surface area contributed by atoms with Gasteiger partial charge in [0, 0.05) is 11.2 Å². The van der Waals surface area contributed by atoms with E-state index in [1.807, 2.05) is 0 Å². The van der Waals surface area contributed by atoms with Crippen LogP contribution in [0.5, 0.6) is 0 Å². The van der Waals surface area contributed by atoms with Crippen molar-refractivity contribution in [1.29, 1.82) is 0 Å². The third-order valence-corrected chi connectivity index (χ3v) is 4.02. The van der Waals surface area contributed by atoms with Crippen molar-refractivity contribution in [2.75, 3.05) is 0 Å². The third kappa shape index (κ3) is 2.73. The molecule has 1 aliphatic carbocycles. The SMILES string of the molecule is CC(=O)C1CCC(C(C)C(C)S)C1. The van der Waals surface area contributed by atoms with E-state index in [1.54, 1.807) is 6.92 Å². The lowest BCUT2D eigenvalue weighted by molar-refractivity contribution is -0.120. The smallest absolute Gasteiger partial charge is 0.132 e. The van der Waals surface area contributed by atoms with Crippen LogP contribution in [0.25, 0.3) is 0 Å². The summed E-state index contributed by atoms with van der Waals surface area (Å²) in [5.74, 6) is 2.09. The van der Waals surface area contributed by atoms with Gasteiger partial charge in [-0.25, -0.2) is 0 Å². The molecule has 1 nitrogen and oxygen atoms in total. The maximum atomic E-state index is 11.2. The molecule has 13 heavy (non-hydrogen) atoms. The Bertz CT molecular complexity index is 189. The molecule has 1 aliphatic rings. The van der Waals surface area contributed by atoms with E-state index < -0.39 is 0 Å². The quantitative estimate of drug-likeness (QED) is 0.693. The first-order chi connectivity index (χ1) is 6.02. The van der Waals surface area contributed by atoms with Gasteiger partial charge in [0.1, 0.15) is 5.78 Å². The zero-order valence-electron chi connectivity index (χ0n) is 8.79. The summed E-state index contributed by atoms with van der Waals surface area (Å²) in [6.45, 7) is 6.13. The van der Waals surface area contributed by atoms with Crippen molar-refractivity contribution in [2.45, 2.75) is 45.3 Å². The van der Waals surface area contributed by atoms with Crippen molar-refractivity contribution in [2.24, 2.45) is 17.8 Å². The molecule has 0 aromatic heterocycles. The number of Topliss-reactive ketones (excluding diaryl/α,β-unsaturated/α-hetero) is 1. The summed E-state index contributed by atoms with van der Waals surface area (Å²) in [5, 5.41) is 0.454. The molecule has 0 amide bonds. The molecule has 2 heteroatoms. The maximum absolute atomic E-state index is 11.2. The summed E-state index contributed by atoms with van der Waals surface area (Å²) in [5.41, 5.74) is 0. The van der Waals surface area contributed by atoms with Crippen LogP contribution in [0.2, 0.25) is 0 Å². The highest BCUT2D eigenvalue weighted by Crippen LogP contribution is 2.38. The molecule has 76 valence electrons. The summed E-state index contributed by atoms with van der Waals surface area (Å²) in [7, 11) is 0. The number of hydrogen-bond donors (Lipinski definition) is 1. The average Bonchev–Trinajstić information content (AvgIpc) is 2.50. The molecule has 0 bridgehead atoms. The van der Waals surface area contributed by atoms with Gasteiger partial charge in [-0.05, 0) is 38.0 Å². The van der Waals surface area contributed by atoms with Crippen LogP contribution >= 0.6 is 12.6 Å². The van der Waals surface area contributed by atoms with Gasteiger partial charge in [-0.2, -0.15) is 12.6 Å². The van der Waals surface area contributed by atoms with E-state index in [2.05, 4.69) is 26.5 Å². The highest BCUT2D eigenvalue weighted by atomic mass is 32.1. The Kier molecular flexibility index (Phi) is 3.84. The molecule has 4 unspecified atom stereocenters. The van der Waals surface area contributed by atoms with E-state index in [4.69, 9.17) is 0 Å². The lowest BCUT2D eigenvalue weighted by atomic mass is 9.89. The summed E-state index contributed by atoms with van der Waals surface area (Å²) in [6.07, 6.45) is 3.42. The fourth-order valence-corrected chi connectivity index (χ4v) is 2.50. The first kappa shape index (κ1) is 11.1. The van der Waals surface area contributed by atoms with Gasteiger partial charge in [0.05, 0.1) is 0 Å². The second-order valence-corrected chi connectivity index (χ2v) is 5.29. The van der Waals surface area contributed by atoms with Crippen molar-refractivity contribution >= 4 is 18.4 Å². The molecule has 0 N–H and O–H groups in total. The number of rotatable bonds is 3. The van der Waals surface area contributed by atoms with Crippen LogP contribution in [0.1, 0.15) is 40.0 Å². The minimum absolute atomic E-state index is 0.347. The molecule has 0 saturated heterocycles. The molecule has 0 heterocycles. The number of carbonyl (C=O) groups excluding carboxylic acids is 1. The highest BCUT2D eigenvalue weighted by molar-refractivity contribution is 7.80. The molecular weight excluding hydrogens is 180 g/mol. The molecule has 1 fully saturated rings. The zero-order chi connectivity index (χ0) is 10.0. The van der Waals surface area contributed by atoms with Gasteiger partial charge in [0.2, 0.25) is 0 Å². The molecule has 0 aromatic carbocycles. The number of ketones is 1. The monoisotopic (exact) mass is 200 g/mol. The molecule has 0 aromatic rings. The van der Waals surface area contributed by atoms with E-state index in [9.17, 15) is 4.79 Å². The van der Waals surface area contributed by atoms with Crippen LogP contribution in [0.15, 0.2) is 0 Å². The minimum atomic E-state index is 0.347. The van der Waals surface area contributed by atoms with Crippen molar-refractivity contribution in [3.05, 3.63) is 0 Å². The van der Waals surface area contributed by atoms with Gasteiger partial charge in [-0.15, -0.1) is 0 Å². The Morgan fingerprint density at radius 3 is 2.38 bits per heavy atom. The van der Waals surface area contributed by atoms with E-state index in [0.29, 0.717) is 22.9 Å². The Labute approximate surface area is 86.7 Å². The lowest BCUT2D eigenvalue weighted by Crippen LogP contribution is -2.17. The fourth-order valence-electron chi connectivity index (χ4n) is 2.26. The van der Waals surface area contributed by atoms with Crippen molar-refractivity contribution in [1.82, 2.24) is 0 Å². The van der Waals surface area contributed by atoms with Gasteiger partial charge >= 0.3 is 0 Å². The first-order valence-electron chi connectivity index (χ1n) is 5.21. The second-order valence-electron chi connectivity index (χ2n) is 4.48. The summed E-state index contributed by atoms with van der Waals surface area (Å²) in [4.78, 5) is 11.2. The van der Waals surface area contributed by atoms with E-state index in [-0.39, 0.29) is 0 Å². The van der Waals surface area contributed by atoms with Crippen molar-refractivity contribution < 1.29 is 4.79 Å². The molecular formula is C11H20OS. The average molecular weight is 200 g/mol. The van der Waals surface area contributed by atoms with Gasteiger partial charge in [0.25, 0.3) is 0 Å². The molecule has 0 spiro atoms.